The maximum Gasteiger partial charge on any atom is 0.101 e. The monoisotopic (exact) mass is 244 g/mol. The number of nitrogens with one attached hydrogen (secondary N) is 1. The number of para-hydroxylation sites is 1. The molecule has 0 radical (unpaired) electrons. The van der Waals surface area contributed by atoms with Gasteiger partial charge in [0.25, 0.3) is 0 Å². The highest BCUT2D eigenvalue weighted by Gasteiger charge is 2.03. The Balaban J connectivity index is 2.09. The number of rotatable bonds is 2. The molecule has 0 amide bonds. The van der Waals surface area contributed by atoms with Gasteiger partial charge in [-0.05, 0) is 23.6 Å². The first-order valence-corrected chi connectivity index (χ1v) is 6.12. The fraction of sp³-hybridized carbons (Fsp3) is 0. The van der Waals surface area contributed by atoms with Crippen LogP contribution in [-0.2, 0) is 0 Å². The average molecular weight is 244 g/mol. The van der Waals surface area contributed by atoms with Crippen LogP contribution < -0.4 is 5.32 Å². The van der Waals surface area contributed by atoms with Crippen LogP contribution in [-0.4, -0.2) is 0 Å². The Bertz CT molecular complexity index is 764. The molecule has 0 atom stereocenters. The van der Waals surface area contributed by atoms with Crippen LogP contribution in [0.4, 0.5) is 11.4 Å². The summed E-state index contributed by atoms with van der Waals surface area (Å²) < 4.78 is 0. The molecule has 1 N–H and O–H groups in total. The van der Waals surface area contributed by atoms with Gasteiger partial charge in [-0.1, -0.05) is 48.5 Å². The zero-order valence-corrected chi connectivity index (χ0v) is 10.3. The van der Waals surface area contributed by atoms with Crippen LogP contribution in [0, 0.1) is 11.3 Å². The van der Waals surface area contributed by atoms with Crippen LogP contribution >= 0.6 is 0 Å². The zero-order chi connectivity index (χ0) is 13.1. The quantitative estimate of drug-likeness (QED) is 0.722. The normalized spacial score (nSPS) is 10.1. The molecule has 2 nitrogen and oxygen atoms in total. The van der Waals surface area contributed by atoms with Gasteiger partial charge in [-0.25, -0.2) is 0 Å². The predicted octanol–water partition coefficient (Wildman–Crippen LogP) is 4.46. The Kier molecular flexibility index (Phi) is 2.88. The Morgan fingerprint density at radius 1 is 0.737 bits per heavy atom. The molecule has 19 heavy (non-hydrogen) atoms. The Morgan fingerprint density at radius 3 is 2.32 bits per heavy atom. The van der Waals surface area contributed by atoms with Crippen molar-refractivity contribution in [2.24, 2.45) is 0 Å². The molecule has 0 aromatic heterocycles. The minimum absolute atomic E-state index is 0.649. The highest BCUT2D eigenvalue weighted by molar-refractivity contribution is 5.95. The van der Waals surface area contributed by atoms with Crippen molar-refractivity contribution in [3.05, 3.63) is 72.3 Å². The van der Waals surface area contributed by atoms with Gasteiger partial charge in [0.1, 0.15) is 6.07 Å². The minimum Gasteiger partial charge on any atom is -0.354 e. The number of hydrogen-bond acceptors (Lipinski definition) is 2. The molecule has 0 saturated carbocycles. The van der Waals surface area contributed by atoms with Crippen LogP contribution in [0.5, 0.6) is 0 Å². The van der Waals surface area contributed by atoms with Crippen LogP contribution in [0.3, 0.4) is 0 Å². The van der Waals surface area contributed by atoms with Crippen molar-refractivity contribution >= 4 is 22.1 Å². The van der Waals surface area contributed by atoms with Gasteiger partial charge in [0.2, 0.25) is 0 Å². The average Bonchev–Trinajstić information content (AvgIpc) is 2.48. The van der Waals surface area contributed by atoms with Gasteiger partial charge in [0, 0.05) is 11.1 Å². The van der Waals surface area contributed by atoms with Gasteiger partial charge in [-0.3, -0.25) is 0 Å². The van der Waals surface area contributed by atoms with Crippen molar-refractivity contribution in [2.75, 3.05) is 5.32 Å². The molecule has 3 aromatic carbocycles. The molecular weight excluding hydrogens is 232 g/mol. The van der Waals surface area contributed by atoms with Crippen molar-refractivity contribution in [1.29, 1.82) is 5.26 Å². The highest BCUT2D eigenvalue weighted by atomic mass is 14.9. The molecule has 0 fully saturated rings. The molecule has 0 heterocycles. The van der Waals surface area contributed by atoms with Gasteiger partial charge in [-0.2, -0.15) is 5.26 Å². The lowest BCUT2D eigenvalue weighted by Gasteiger charge is -2.10. The molecule has 0 aliphatic rings. The summed E-state index contributed by atoms with van der Waals surface area (Å²) in [4.78, 5) is 0. The van der Waals surface area contributed by atoms with Crippen LogP contribution in [0.25, 0.3) is 10.8 Å². The molecule has 0 unspecified atom stereocenters. The number of anilines is 2. The second-order valence-corrected chi connectivity index (χ2v) is 4.31. The molecular formula is C17H12N2. The number of nitrogens with zero attached hydrogens (tertiary/aromatic N) is 1. The van der Waals surface area contributed by atoms with Gasteiger partial charge in [0.15, 0.2) is 0 Å². The highest BCUT2D eigenvalue weighted by Crippen LogP contribution is 2.27. The summed E-state index contributed by atoms with van der Waals surface area (Å²) in [5.41, 5.74) is 2.50. The van der Waals surface area contributed by atoms with Crippen LogP contribution in [0.1, 0.15) is 5.56 Å². The smallest absolute Gasteiger partial charge is 0.101 e. The lowest BCUT2D eigenvalue weighted by atomic mass is 10.1. The lowest BCUT2D eigenvalue weighted by Crippen LogP contribution is -1.94. The van der Waals surface area contributed by atoms with Gasteiger partial charge < -0.3 is 5.32 Å². The first kappa shape index (κ1) is 11.3. The predicted molar refractivity (Wildman–Crippen MR) is 78.4 cm³/mol. The summed E-state index contributed by atoms with van der Waals surface area (Å²) in [5.74, 6) is 0. The van der Waals surface area contributed by atoms with E-state index in [1.54, 1.807) is 0 Å². The van der Waals surface area contributed by atoms with E-state index in [4.69, 9.17) is 5.26 Å². The minimum atomic E-state index is 0.649. The summed E-state index contributed by atoms with van der Waals surface area (Å²) in [6.07, 6.45) is 0. The second kappa shape index (κ2) is 4.83. The maximum absolute atomic E-state index is 9.12. The van der Waals surface area contributed by atoms with Gasteiger partial charge >= 0.3 is 0 Å². The third kappa shape index (κ3) is 2.14. The van der Waals surface area contributed by atoms with E-state index in [2.05, 4.69) is 29.6 Å². The summed E-state index contributed by atoms with van der Waals surface area (Å²) in [6, 6.07) is 24.0. The Hall–Kier alpha value is -2.79. The largest absolute Gasteiger partial charge is 0.354 e. The summed E-state index contributed by atoms with van der Waals surface area (Å²) in [6.45, 7) is 0. The fourth-order valence-corrected chi connectivity index (χ4v) is 2.17. The molecule has 90 valence electrons. The first-order valence-electron chi connectivity index (χ1n) is 6.12. The molecule has 0 saturated heterocycles. The Labute approximate surface area is 111 Å². The number of benzene rings is 3. The first-order chi connectivity index (χ1) is 9.38. The van der Waals surface area contributed by atoms with E-state index in [0.717, 1.165) is 16.8 Å². The Morgan fingerprint density at radius 2 is 1.42 bits per heavy atom. The van der Waals surface area contributed by atoms with E-state index in [-0.39, 0.29) is 0 Å². The summed E-state index contributed by atoms with van der Waals surface area (Å²) >= 11 is 0. The third-order valence-electron chi connectivity index (χ3n) is 3.11. The fourth-order valence-electron chi connectivity index (χ4n) is 2.17. The van der Waals surface area contributed by atoms with E-state index in [9.17, 15) is 0 Å². The molecule has 0 spiro atoms. The topological polar surface area (TPSA) is 35.8 Å². The van der Waals surface area contributed by atoms with Crippen LogP contribution in [0.15, 0.2) is 66.7 Å². The zero-order valence-electron chi connectivity index (χ0n) is 10.3. The second-order valence-electron chi connectivity index (χ2n) is 4.31. The van der Waals surface area contributed by atoms with Gasteiger partial charge in [-0.15, -0.1) is 0 Å². The number of nitriles is 1. The van der Waals surface area contributed by atoms with Gasteiger partial charge in [0.05, 0.1) is 11.3 Å². The van der Waals surface area contributed by atoms with Crippen molar-refractivity contribution in [1.82, 2.24) is 0 Å². The van der Waals surface area contributed by atoms with Crippen molar-refractivity contribution in [3.63, 3.8) is 0 Å². The lowest BCUT2D eigenvalue weighted by molar-refractivity contribution is 1.47. The molecule has 0 aliphatic heterocycles. The van der Waals surface area contributed by atoms with Crippen molar-refractivity contribution in [3.8, 4) is 6.07 Å². The third-order valence-corrected chi connectivity index (χ3v) is 3.11. The molecule has 0 aliphatic carbocycles. The van der Waals surface area contributed by atoms with E-state index < -0.39 is 0 Å². The van der Waals surface area contributed by atoms with Crippen LogP contribution in [0.2, 0.25) is 0 Å². The van der Waals surface area contributed by atoms with E-state index in [0.29, 0.717) is 5.56 Å². The maximum atomic E-state index is 9.12. The van der Waals surface area contributed by atoms with E-state index >= 15 is 0 Å². The van der Waals surface area contributed by atoms with Crippen molar-refractivity contribution < 1.29 is 0 Å². The summed E-state index contributed by atoms with van der Waals surface area (Å²) in [5, 5.41) is 14.8. The number of hydrogen-bond donors (Lipinski definition) is 1. The van der Waals surface area contributed by atoms with E-state index in [1.807, 2.05) is 48.5 Å². The summed E-state index contributed by atoms with van der Waals surface area (Å²) in [7, 11) is 0. The molecule has 3 aromatic rings. The van der Waals surface area contributed by atoms with Crippen molar-refractivity contribution in [2.45, 2.75) is 0 Å². The molecule has 3 rings (SSSR count). The molecule has 0 bridgehead atoms. The van der Waals surface area contributed by atoms with E-state index in [1.165, 1.54) is 5.39 Å². The number of fused-ring (bicyclic) bond motifs is 1. The molecule has 2 heteroatoms. The standard InChI is InChI=1S/C17H12N2/c18-12-14-7-2-4-10-16(14)19-17-11-5-8-13-6-1-3-9-15(13)17/h1-11,19H. The SMILES string of the molecule is N#Cc1ccccc1Nc1cccc2ccccc12.